The fraction of sp³-hybridized carbons (Fsp3) is 0.176. The fourth-order valence-corrected chi connectivity index (χ4v) is 2.06. The van der Waals surface area contributed by atoms with Gasteiger partial charge in [-0.3, -0.25) is 14.9 Å². The van der Waals surface area contributed by atoms with E-state index >= 15 is 0 Å². The normalized spacial score (nSPS) is 9.92. The van der Waals surface area contributed by atoms with E-state index in [-0.39, 0.29) is 16.9 Å². The molecule has 0 atom stereocenters. The van der Waals surface area contributed by atoms with Gasteiger partial charge in [0.2, 0.25) is 0 Å². The number of nitrogens with one attached hydrogen (secondary N) is 1. The third-order valence-corrected chi connectivity index (χ3v) is 3.30. The largest absolute Gasteiger partial charge is 0.497 e. The molecule has 0 saturated heterocycles. The number of hydrogen-bond acceptors (Lipinski definition) is 7. The molecular weight excluding hydrogens is 344 g/mol. The number of nitrogens with zero attached hydrogens (tertiary/aromatic N) is 1. The molecule has 26 heavy (non-hydrogen) atoms. The van der Waals surface area contributed by atoms with Gasteiger partial charge in [-0.15, -0.1) is 0 Å². The standard InChI is InChI=1S/C17H16N2O7/c1-24-12-7-11(8-13(9-12)25-2)17(21)26-10-16(20)18-14-5-3-4-6-15(14)19(22)23/h3-9H,10H2,1-2H3,(H,18,20). The second-order valence-corrected chi connectivity index (χ2v) is 5.00. The van der Waals surface area contributed by atoms with Crippen molar-refractivity contribution < 1.29 is 28.7 Å². The van der Waals surface area contributed by atoms with Gasteiger partial charge < -0.3 is 19.5 Å². The quantitative estimate of drug-likeness (QED) is 0.458. The highest BCUT2D eigenvalue weighted by atomic mass is 16.6. The molecule has 0 radical (unpaired) electrons. The van der Waals surface area contributed by atoms with Crippen LogP contribution in [0.15, 0.2) is 42.5 Å². The summed E-state index contributed by atoms with van der Waals surface area (Å²) in [6.45, 7) is -0.607. The van der Waals surface area contributed by atoms with Crippen molar-refractivity contribution in [3.05, 3.63) is 58.1 Å². The van der Waals surface area contributed by atoms with Crippen molar-refractivity contribution in [3.8, 4) is 11.5 Å². The van der Waals surface area contributed by atoms with Crippen LogP contribution in [0.25, 0.3) is 0 Å². The van der Waals surface area contributed by atoms with Crippen LogP contribution in [0.5, 0.6) is 11.5 Å². The number of amides is 1. The topological polar surface area (TPSA) is 117 Å². The van der Waals surface area contributed by atoms with Gasteiger partial charge >= 0.3 is 5.97 Å². The molecule has 9 heteroatoms. The fourth-order valence-electron chi connectivity index (χ4n) is 2.06. The summed E-state index contributed by atoms with van der Waals surface area (Å²) in [7, 11) is 2.87. The number of esters is 1. The maximum atomic E-state index is 12.1. The van der Waals surface area contributed by atoms with Gasteiger partial charge in [0, 0.05) is 12.1 Å². The number of ether oxygens (including phenoxy) is 3. The Labute approximate surface area is 148 Å². The zero-order valence-electron chi connectivity index (χ0n) is 14.1. The van der Waals surface area contributed by atoms with Crippen LogP contribution in [0.2, 0.25) is 0 Å². The molecule has 9 nitrogen and oxygen atoms in total. The minimum absolute atomic E-state index is 0.0154. The minimum Gasteiger partial charge on any atom is -0.497 e. The van der Waals surface area contributed by atoms with Crippen LogP contribution in [0.1, 0.15) is 10.4 Å². The number of nitro benzene ring substituents is 1. The van der Waals surface area contributed by atoms with Gasteiger partial charge in [0.05, 0.1) is 24.7 Å². The predicted molar refractivity (Wildman–Crippen MR) is 91.6 cm³/mol. The molecular formula is C17H16N2O7. The van der Waals surface area contributed by atoms with E-state index in [4.69, 9.17) is 14.2 Å². The van der Waals surface area contributed by atoms with E-state index < -0.39 is 23.4 Å². The number of nitro groups is 1. The minimum atomic E-state index is -0.764. The highest BCUT2D eigenvalue weighted by molar-refractivity contribution is 5.97. The number of anilines is 1. The molecule has 0 aromatic heterocycles. The summed E-state index contributed by atoms with van der Waals surface area (Å²) in [6, 6.07) is 10.1. The number of rotatable bonds is 7. The summed E-state index contributed by atoms with van der Waals surface area (Å²) >= 11 is 0. The SMILES string of the molecule is COc1cc(OC)cc(C(=O)OCC(=O)Nc2ccccc2[N+](=O)[O-])c1. The molecule has 2 aromatic carbocycles. The van der Waals surface area contributed by atoms with Crippen LogP contribution in [0.3, 0.4) is 0 Å². The molecule has 0 fully saturated rings. The molecule has 0 heterocycles. The molecule has 0 aliphatic carbocycles. The summed E-state index contributed by atoms with van der Waals surface area (Å²) in [6.07, 6.45) is 0. The Hall–Kier alpha value is -3.62. The smallest absolute Gasteiger partial charge is 0.338 e. The van der Waals surface area contributed by atoms with Crippen LogP contribution in [0, 0.1) is 10.1 Å². The molecule has 0 aliphatic heterocycles. The Balaban J connectivity index is 2.01. The average Bonchev–Trinajstić information content (AvgIpc) is 2.65. The Kier molecular flexibility index (Phi) is 6.10. The lowest BCUT2D eigenvalue weighted by atomic mass is 10.2. The Morgan fingerprint density at radius 1 is 1.08 bits per heavy atom. The van der Waals surface area contributed by atoms with Crippen molar-refractivity contribution in [2.24, 2.45) is 0 Å². The van der Waals surface area contributed by atoms with Crippen molar-refractivity contribution in [2.45, 2.75) is 0 Å². The van der Waals surface area contributed by atoms with Gasteiger partial charge in [-0.2, -0.15) is 0 Å². The molecule has 0 unspecified atom stereocenters. The lowest BCUT2D eigenvalue weighted by Gasteiger charge is -2.09. The van der Waals surface area contributed by atoms with Crippen LogP contribution < -0.4 is 14.8 Å². The first-order valence-corrected chi connectivity index (χ1v) is 7.38. The first kappa shape index (κ1) is 18.7. The lowest BCUT2D eigenvalue weighted by molar-refractivity contribution is -0.383. The number of hydrogen-bond donors (Lipinski definition) is 1. The van der Waals surface area contributed by atoms with Gasteiger partial charge in [0.1, 0.15) is 17.2 Å². The van der Waals surface area contributed by atoms with E-state index in [1.165, 1.54) is 50.6 Å². The van der Waals surface area contributed by atoms with E-state index in [0.717, 1.165) is 0 Å². The van der Waals surface area contributed by atoms with Crippen molar-refractivity contribution >= 4 is 23.3 Å². The van der Waals surface area contributed by atoms with Crippen LogP contribution in [-0.4, -0.2) is 37.6 Å². The maximum Gasteiger partial charge on any atom is 0.338 e. The Morgan fingerprint density at radius 3 is 2.27 bits per heavy atom. The van der Waals surface area contributed by atoms with E-state index in [2.05, 4.69) is 5.32 Å². The van der Waals surface area contributed by atoms with E-state index in [9.17, 15) is 19.7 Å². The highest BCUT2D eigenvalue weighted by Gasteiger charge is 2.17. The molecule has 136 valence electrons. The van der Waals surface area contributed by atoms with E-state index in [1.54, 1.807) is 6.07 Å². The molecule has 1 N–H and O–H groups in total. The number of carbonyl (C=O) groups excluding carboxylic acids is 2. The molecule has 2 aromatic rings. The summed E-state index contributed by atoms with van der Waals surface area (Å²) in [5.74, 6) is -0.691. The van der Waals surface area contributed by atoms with Crippen molar-refractivity contribution in [1.82, 2.24) is 0 Å². The predicted octanol–water partition coefficient (Wildman–Crippen LogP) is 2.41. The van der Waals surface area contributed by atoms with Crippen LogP contribution >= 0.6 is 0 Å². The molecule has 1 amide bonds. The van der Waals surface area contributed by atoms with Crippen molar-refractivity contribution in [2.75, 3.05) is 26.1 Å². The first-order chi connectivity index (χ1) is 12.4. The summed E-state index contributed by atoms with van der Waals surface area (Å²) < 4.78 is 15.0. The van der Waals surface area contributed by atoms with Gasteiger partial charge in [-0.1, -0.05) is 12.1 Å². The van der Waals surface area contributed by atoms with Gasteiger partial charge in [0.25, 0.3) is 11.6 Å². The van der Waals surface area contributed by atoms with Crippen LogP contribution in [-0.2, 0) is 9.53 Å². The van der Waals surface area contributed by atoms with E-state index in [0.29, 0.717) is 11.5 Å². The van der Waals surface area contributed by atoms with Gasteiger partial charge in [-0.25, -0.2) is 4.79 Å². The lowest BCUT2D eigenvalue weighted by Crippen LogP contribution is -2.21. The molecule has 0 saturated carbocycles. The molecule has 2 rings (SSSR count). The highest BCUT2D eigenvalue weighted by Crippen LogP contribution is 2.24. The Morgan fingerprint density at radius 2 is 1.69 bits per heavy atom. The second kappa shape index (κ2) is 8.47. The summed E-state index contributed by atoms with van der Waals surface area (Å²) in [5.41, 5.74) is -0.106. The first-order valence-electron chi connectivity index (χ1n) is 7.38. The van der Waals surface area contributed by atoms with Crippen molar-refractivity contribution in [3.63, 3.8) is 0 Å². The van der Waals surface area contributed by atoms with Gasteiger partial charge in [0.15, 0.2) is 6.61 Å². The average molecular weight is 360 g/mol. The second-order valence-electron chi connectivity index (χ2n) is 5.00. The number of benzene rings is 2. The third kappa shape index (κ3) is 4.69. The zero-order valence-corrected chi connectivity index (χ0v) is 14.1. The zero-order chi connectivity index (χ0) is 19.1. The number of methoxy groups -OCH3 is 2. The number of para-hydroxylation sites is 2. The molecule has 0 aliphatic rings. The van der Waals surface area contributed by atoms with Crippen molar-refractivity contribution in [1.29, 1.82) is 0 Å². The third-order valence-electron chi connectivity index (χ3n) is 3.30. The maximum absolute atomic E-state index is 12.1. The Bertz CT molecular complexity index is 813. The van der Waals surface area contributed by atoms with Crippen LogP contribution in [0.4, 0.5) is 11.4 Å². The number of carbonyl (C=O) groups is 2. The monoisotopic (exact) mass is 360 g/mol. The van der Waals surface area contributed by atoms with Gasteiger partial charge in [-0.05, 0) is 18.2 Å². The summed E-state index contributed by atoms with van der Waals surface area (Å²) in [5, 5.41) is 13.3. The summed E-state index contributed by atoms with van der Waals surface area (Å²) in [4.78, 5) is 34.3. The molecule has 0 bridgehead atoms. The molecule has 0 spiro atoms. The van der Waals surface area contributed by atoms with E-state index in [1.807, 2.05) is 0 Å².